The number of para-hydroxylation sites is 1. The molecule has 1 saturated heterocycles. The number of carbonyl (C=O) groups excluding carboxylic acids is 1. The van der Waals surface area contributed by atoms with E-state index in [-0.39, 0.29) is 18.1 Å². The van der Waals surface area contributed by atoms with Crippen molar-refractivity contribution in [2.45, 2.75) is 20.4 Å². The van der Waals surface area contributed by atoms with Gasteiger partial charge in [-0.1, -0.05) is 18.2 Å². The number of hydrogen-bond acceptors (Lipinski definition) is 7. The van der Waals surface area contributed by atoms with Gasteiger partial charge in [0.2, 0.25) is 0 Å². The van der Waals surface area contributed by atoms with Crippen LogP contribution in [-0.2, 0) is 16.1 Å². The van der Waals surface area contributed by atoms with E-state index < -0.39 is 0 Å². The lowest BCUT2D eigenvalue weighted by atomic mass is 10.2. The lowest BCUT2D eigenvalue weighted by Gasteiger charge is -2.35. The summed E-state index contributed by atoms with van der Waals surface area (Å²) in [6.45, 7) is 8.55. The van der Waals surface area contributed by atoms with Crippen LogP contribution in [0.1, 0.15) is 11.3 Å². The lowest BCUT2D eigenvalue weighted by molar-refractivity contribution is -0.144. The molecule has 1 aliphatic rings. The first kappa shape index (κ1) is 20.6. The standard InChI is InChI=1S/C22H26N4O3S/c1-16-14-17(2)23-21-20(16)22(28)26(30-21)15-19(27)29-13-12-24-8-10-25(11-9-24)18-6-4-3-5-7-18/h3-7,14H,8-13,15H2,1-2H3. The first-order valence-electron chi connectivity index (χ1n) is 10.2. The number of piperazine rings is 1. The van der Waals surface area contributed by atoms with Crippen LogP contribution < -0.4 is 10.5 Å². The zero-order chi connectivity index (χ0) is 21.1. The molecule has 0 unspecified atom stereocenters. The SMILES string of the molecule is Cc1cc(C)c2c(=O)n(CC(=O)OCCN3CCN(c4ccccc4)CC3)sc2n1. The Labute approximate surface area is 179 Å². The van der Waals surface area contributed by atoms with E-state index in [1.54, 1.807) is 0 Å². The van der Waals surface area contributed by atoms with Crippen LogP contribution in [0.4, 0.5) is 5.69 Å². The van der Waals surface area contributed by atoms with Crippen LogP contribution in [0.15, 0.2) is 41.2 Å². The number of aryl methyl sites for hydroxylation is 2. The van der Waals surface area contributed by atoms with Gasteiger partial charge in [-0.25, -0.2) is 4.98 Å². The first-order chi connectivity index (χ1) is 14.5. The van der Waals surface area contributed by atoms with Gasteiger partial charge in [-0.3, -0.25) is 18.4 Å². The first-order valence-corrected chi connectivity index (χ1v) is 10.9. The molecule has 0 spiro atoms. The quantitative estimate of drug-likeness (QED) is 0.564. The van der Waals surface area contributed by atoms with Crippen LogP contribution in [0.5, 0.6) is 0 Å². The van der Waals surface area contributed by atoms with E-state index in [1.165, 1.54) is 21.2 Å². The second kappa shape index (κ2) is 8.97. The molecule has 1 aromatic carbocycles. The van der Waals surface area contributed by atoms with Crippen LogP contribution >= 0.6 is 11.5 Å². The molecule has 3 heterocycles. The third-order valence-corrected chi connectivity index (χ3v) is 6.37. The number of esters is 1. The lowest BCUT2D eigenvalue weighted by Crippen LogP contribution is -2.47. The predicted molar refractivity (Wildman–Crippen MR) is 119 cm³/mol. The number of fused-ring (bicyclic) bond motifs is 1. The van der Waals surface area contributed by atoms with Crippen molar-refractivity contribution in [2.75, 3.05) is 44.2 Å². The molecule has 0 bridgehead atoms. The third kappa shape index (κ3) is 4.55. The Morgan fingerprint density at radius 2 is 1.87 bits per heavy atom. The Kier molecular flexibility index (Phi) is 6.15. The summed E-state index contributed by atoms with van der Waals surface area (Å²) in [5.41, 5.74) is 2.83. The van der Waals surface area contributed by atoms with E-state index in [4.69, 9.17) is 4.74 Å². The van der Waals surface area contributed by atoms with Gasteiger partial charge in [0.25, 0.3) is 5.56 Å². The normalized spacial score (nSPS) is 14.9. The maximum absolute atomic E-state index is 12.6. The summed E-state index contributed by atoms with van der Waals surface area (Å²) in [5, 5.41) is 0.592. The highest BCUT2D eigenvalue weighted by atomic mass is 32.1. The van der Waals surface area contributed by atoms with Gasteiger partial charge >= 0.3 is 5.97 Å². The summed E-state index contributed by atoms with van der Waals surface area (Å²) in [7, 11) is 0. The molecule has 2 aromatic heterocycles. The Bertz CT molecular complexity index is 1080. The number of ether oxygens (including phenoxy) is 1. The van der Waals surface area contributed by atoms with Crippen LogP contribution in [0, 0.1) is 13.8 Å². The molecule has 0 N–H and O–H groups in total. The summed E-state index contributed by atoms with van der Waals surface area (Å²) in [5.74, 6) is -0.388. The van der Waals surface area contributed by atoms with Crippen LogP contribution in [0.2, 0.25) is 0 Å². The van der Waals surface area contributed by atoms with E-state index in [1.807, 2.05) is 26.0 Å². The fourth-order valence-corrected chi connectivity index (χ4v) is 4.90. The van der Waals surface area contributed by atoms with E-state index in [0.29, 0.717) is 23.4 Å². The van der Waals surface area contributed by atoms with Crippen molar-refractivity contribution in [1.29, 1.82) is 0 Å². The maximum Gasteiger partial charge on any atom is 0.327 e. The van der Waals surface area contributed by atoms with Gasteiger partial charge in [-0.2, -0.15) is 0 Å². The average Bonchev–Trinajstić information content (AvgIpc) is 3.04. The number of benzene rings is 1. The van der Waals surface area contributed by atoms with Gasteiger partial charge in [-0.15, -0.1) is 0 Å². The Hall–Kier alpha value is -2.71. The largest absolute Gasteiger partial charge is 0.463 e. The van der Waals surface area contributed by atoms with Gasteiger partial charge in [0.15, 0.2) is 0 Å². The van der Waals surface area contributed by atoms with Crippen molar-refractivity contribution in [3.8, 4) is 0 Å². The van der Waals surface area contributed by atoms with E-state index in [0.717, 1.165) is 37.4 Å². The molecule has 0 saturated carbocycles. The molecular formula is C22H26N4O3S. The van der Waals surface area contributed by atoms with Crippen molar-refractivity contribution >= 4 is 33.4 Å². The number of rotatable bonds is 6. The van der Waals surface area contributed by atoms with Crippen LogP contribution in [-0.4, -0.2) is 59.1 Å². The molecule has 4 rings (SSSR count). The van der Waals surface area contributed by atoms with Gasteiger partial charge < -0.3 is 9.64 Å². The van der Waals surface area contributed by atoms with Crippen molar-refractivity contribution in [1.82, 2.24) is 13.8 Å². The van der Waals surface area contributed by atoms with E-state index >= 15 is 0 Å². The molecule has 30 heavy (non-hydrogen) atoms. The number of aromatic nitrogens is 2. The van der Waals surface area contributed by atoms with Crippen LogP contribution in [0.25, 0.3) is 10.2 Å². The zero-order valence-corrected chi connectivity index (χ0v) is 18.2. The Morgan fingerprint density at radius 1 is 1.13 bits per heavy atom. The highest BCUT2D eigenvalue weighted by Crippen LogP contribution is 2.19. The Balaban J connectivity index is 1.25. The maximum atomic E-state index is 12.6. The minimum Gasteiger partial charge on any atom is -0.463 e. The molecule has 8 heteroatoms. The topological polar surface area (TPSA) is 67.7 Å². The molecule has 0 amide bonds. The molecule has 1 fully saturated rings. The number of nitrogens with zero attached hydrogens (tertiary/aromatic N) is 4. The van der Waals surface area contributed by atoms with Gasteiger partial charge in [0.05, 0.1) is 5.39 Å². The summed E-state index contributed by atoms with van der Waals surface area (Å²) >= 11 is 1.22. The summed E-state index contributed by atoms with van der Waals surface area (Å²) in [4.78, 5) is 34.6. The fraction of sp³-hybridized carbons (Fsp3) is 0.409. The van der Waals surface area contributed by atoms with Crippen molar-refractivity contribution in [2.24, 2.45) is 0 Å². The third-order valence-electron chi connectivity index (χ3n) is 5.39. The van der Waals surface area contributed by atoms with Crippen molar-refractivity contribution < 1.29 is 9.53 Å². The van der Waals surface area contributed by atoms with Crippen LogP contribution in [0.3, 0.4) is 0 Å². The summed E-state index contributed by atoms with van der Waals surface area (Å²) in [6.07, 6.45) is 0. The molecule has 0 atom stereocenters. The highest BCUT2D eigenvalue weighted by molar-refractivity contribution is 7.13. The molecule has 7 nitrogen and oxygen atoms in total. The van der Waals surface area contributed by atoms with Gasteiger partial charge in [0, 0.05) is 44.1 Å². The average molecular weight is 427 g/mol. The number of hydrogen-bond donors (Lipinski definition) is 0. The van der Waals surface area contributed by atoms with E-state index in [2.05, 4.69) is 39.0 Å². The molecule has 0 radical (unpaired) electrons. The number of anilines is 1. The number of pyridine rings is 1. The Morgan fingerprint density at radius 3 is 2.60 bits per heavy atom. The van der Waals surface area contributed by atoms with E-state index in [9.17, 15) is 9.59 Å². The minimum atomic E-state index is -0.388. The molecule has 1 aliphatic heterocycles. The highest BCUT2D eigenvalue weighted by Gasteiger charge is 2.18. The van der Waals surface area contributed by atoms with Gasteiger partial charge in [0.1, 0.15) is 18.0 Å². The summed E-state index contributed by atoms with van der Waals surface area (Å²) in [6, 6.07) is 12.3. The molecule has 158 valence electrons. The van der Waals surface area contributed by atoms with Gasteiger partial charge in [-0.05, 0) is 49.1 Å². The zero-order valence-electron chi connectivity index (χ0n) is 17.3. The summed E-state index contributed by atoms with van der Waals surface area (Å²) < 4.78 is 6.83. The smallest absolute Gasteiger partial charge is 0.327 e. The second-order valence-electron chi connectivity index (χ2n) is 7.58. The molecular weight excluding hydrogens is 400 g/mol. The molecule has 0 aliphatic carbocycles. The number of carbonyl (C=O) groups is 1. The molecule has 3 aromatic rings. The fourth-order valence-electron chi connectivity index (χ4n) is 3.82. The van der Waals surface area contributed by atoms with Crippen molar-refractivity contribution in [3.05, 3.63) is 58.0 Å². The second-order valence-corrected chi connectivity index (χ2v) is 8.59. The minimum absolute atomic E-state index is 0.0693. The predicted octanol–water partition coefficient (Wildman–Crippen LogP) is 2.44. The monoisotopic (exact) mass is 426 g/mol. The van der Waals surface area contributed by atoms with Crippen molar-refractivity contribution in [3.63, 3.8) is 0 Å².